The number of benzene rings is 1. The summed E-state index contributed by atoms with van der Waals surface area (Å²) < 4.78 is 1.57. The second-order valence-corrected chi connectivity index (χ2v) is 5.55. The molecule has 0 radical (unpaired) electrons. The summed E-state index contributed by atoms with van der Waals surface area (Å²) in [6, 6.07) is 7.35. The Kier molecular flexibility index (Phi) is 3.85. The van der Waals surface area contributed by atoms with E-state index < -0.39 is 0 Å². The number of aryl methyl sites for hydroxylation is 1. The zero-order valence-electron chi connectivity index (χ0n) is 12.1. The Balaban J connectivity index is 2.09. The number of nitrogens with one attached hydrogen (secondary N) is 1. The second-order valence-electron chi connectivity index (χ2n) is 5.12. The van der Waals surface area contributed by atoms with Gasteiger partial charge in [0.1, 0.15) is 11.3 Å². The highest BCUT2D eigenvalue weighted by molar-refractivity contribution is 6.30. The van der Waals surface area contributed by atoms with Gasteiger partial charge in [0.25, 0.3) is 0 Å². The maximum Gasteiger partial charge on any atom is 0.328 e. The van der Waals surface area contributed by atoms with E-state index in [1.807, 2.05) is 19.1 Å². The Morgan fingerprint density at radius 3 is 2.68 bits per heavy atom. The van der Waals surface area contributed by atoms with E-state index >= 15 is 0 Å². The van der Waals surface area contributed by atoms with Crippen LogP contribution < -0.4 is 11.4 Å². The molecular formula is C15H16ClN5O. The van der Waals surface area contributed by atoms with E-state index in [0.29, 0.717) is 34.4 Å². The largest absolute Gasteiger partial charge is 0.382 e. The lowest BCUT2D eigenvalue weighted by atomic mass is 10.2. The van der Waals surface area contributed by atoms with E-state index in [9.17, 15) is 4.79 Å². The van der Waals surface area contributed by atoms with Gasteiger partial charge in [0.05, 0.1) is 6.54 Å². The molecule has 6 nitrogen and oxygen atoms in total. The van der Waals surface area contributed by atoms with E-state index in [4.69, 9.17) is 17.3 Å². The number of fused-ring (bicyclic) bond motifs is 1. The number of halogens is 1. The van der Waals surface area contributed by atoms with Crippen LogP contribution in [0.3, 0.4) is 0 Å². The minimum atomic E-state index is -0.250. The first-order valence-corrected chi connectivity index (χ1v) is 7.45. The van der Waals surface area contributed by atoms with Crippen LogP contribution in [0.15, 0.2) is 29.1 Å². The summed E-state index contributed by atoms with van der Waals surface area (Å²) in [5.74, 6) is 0.955. The summed E-state index contributed by atoms with van der Waals surface area (Å²) >= 11 is 5.88. The average Bonchev–Trinajstić information content (AvgIpc) is 2.79. The lowest BCUT2D eigenvalue weighted by Crippen LogP contribution is -2.17. The normalized spacial score (nSPS) is 11.2. The van der Waals surface area contributed by atoms with Crippen LogP contribution in [0.25, 0.3) is 11.2 Å². The molecule has 0 fully saturated rings. The molecule has 0 aliphatic rings. The van der Waals surface area contributed by atoms with Gasteiger partial charge in [0.15, 0.2) is 11.5 Å². The van der Waals surface area contributed by atoms with Crippen LogP contribution in [0.4, 0.5) is 5.82 Å². The van der Waals surface area contributed by atoms with Crippen molar-refractivity contribution >= 4 is 28.6 Å². The summed E-state index contributed by atoms with van der Waals surface area (Å²) in [4.78, 5) is 23.6. The minimum Gasteiger partial charge on any atom is -0.382 e. The molecule has 2 heterocycles. The molecule has 0 atom stereocenters. The predicted octanol–water partition coefficient (Wildman–Crippen LogP) is 2.36. The first kappa shape index (κ1) is 14.6. The molecule has 114 valence electrons. The number of rotatable bonds is 4. The number of imidazole rings is 1. The van der Waals surface area contributed by atoms with E-state index in [-0.39, 0.29) is 5.69 Å². The molecule has 0 spiro atoms. The topological polar surface area (TPSA) is 89.6 Å². The lowest BCUT2D eigenvalue weighted by molar-refractivity contribution is 0.768. The number of nitrogens with two attached hydrogens (primary N) is 1. The van der Waals surface area contributed by atoms with Crippen LogP contribution >= 0.6 is 11.6 Å². The first-order chi connectivity index (χ1) is 10.6. The van der Waals surface area contributed by atoms with E-state index in [1.54, 1.807) is 16.7 Å². The molecule has 0 amide bonds. The first-order valence-electron chi connectivity index (χ1n) is 7.08. The van der Waals surface area contributed by atoms with Gasteiger partial charge in [-0.3, -0.25) is 4.57 Å². The average molecular weight is 318 g/mol. The quantitative estimate of drug-likeness (QED) is 0.773. The molecule has 3 aromatic rings. The highest BCUT2D eigenvalue weighted by atomic mass is 35.5. The molecule has 1 aromatic carbocycles. The number of nitrogens with zero attached hydrogens (tertiary/aromatic N) is 3. The van der Waals surface area contributed by atoms with Crippen molar-refractivity contribution in [2.75, 3.05) is 5.73 Å². The van der Waals surface area contributed by atoms with Gasteiger partial charge in [0, 0.05) is 11.4 Å². The molecule has 0 aliphatic heterocycles. The van der Waals surface area contributed by atoms with Gasteiger partial charge in [-0.25, -0.2) is 14.8 Å². The zero-order valence-corrected chi connectivity index (χ0v) is 12.9. The second kappa shape index (κ2) is 5.81. The molecule has 0 unspecified atom stereocenters. The van der Waals surface area contributed by atoms with Gasteiger partial charge in [-0.15, -0.1) is 0 Å². The van der Waals surface area contributed by atoms with Gasteiger partial charge in [-0.2, -0.15) is 0 Å². The lowest BCUT2D eigenvalue weighted by Gasteiger charge is -2.05. The molecule has 0 bridgehead atoms. The van der Waals surface area contributed by atoms with Crippen molar-refractivity contribution in [3.8, 4) is 0 Å². The fourth-order valence-electron chi connectivity index (χ4n) is 2.35. The number of hydrogen-bond donors (Lipinski definition) is 2. The molecule has 3 N–H and O–H groups in total. The summed E-state index contributed by atoms with van der Waals surface area (Å²) in [6.07, 6.45) is 1.64. The number of aromatic nitrogens is 4. The van der Waals surface area contributed by atoms with Crippen molar-refractivity contribution in [3.63, 3.8) is 0 Å². The molecule has 0 aliphatic carbocycles. The molecular weight excluding hydrogens is 302 g/mol. The van der Waals surface area contributed by atoms with Gasteiger partial charge in [-0.05, 0) is 24.1 Å². The van der Waals surface area contributed by atoms with Crippen LogP contribution in [-0.4, -0.2) is 19.5 Å². The highest BCUT2D eigenvalue weighted by Gasteiger charge is 2.13. The Morgan fingerprint density at radius 2 is 2.00 bits per heavy atom. The Hall–Kier alpha value is -2.34. The molecule has 2 aromatic heterocycles. The van der Waals surface area contributed by atoms with Crippen molar-refractivity contribution in [1.29, 1.82) is 0 Å². The van der Waals surface area contributed by atoms with E-state index in [1.165, 1.54) is 0 Å². The van der Waals surface area contributed by atoms with Crippen LogP contribution in [0, 0.1) is 0 Å². The number of nitrogen functional groups attached to an aromatic ring is 1. The van der Waals surface area contributed by atoms with E-state index in [2.05, 4.69) is 15.0 Å². The third kappa shape index (κ3) is 2.69. The number of anilines is 1. The van der Waals surface area contributed by atoms with Gasteiger partial charge < -0.3 is 10.7 Å². The third-order valence-electron chi connectivity index (χ3n) is 3.42. The highest BCUT2D eigenvalue weighted by Crippen LogP contribution is 2.17. The summed E-state index contributed by atoms with van der Waals surface area (Å²) in [5, 5.41) is 0.659. The van der Waals surface area contributed by atoms with Crippen molar-refractivity contribution in [3.05, 3.63) is 51.2 Å². The van der Waals surface area contributed by atoms with Crippen molar-refractivity contribution in [2.24, 2.45) is 0 Å². The van der Waals surface area contributed by atoms with Gasteiger partial charge in [0.2, 0.25) is 0 Å². The van der Waals surface area contributed by atoms with Crippen molar-refractivity contribution < 1.29 is 0 Å². The van der Waals surface area contributed by atoms with Crippen molar-refractivity contribution in [1.82, 2.24) is 19.5 Å². The number of H-pyrrole nitrogens is 1. The van der Waals surface area contributed by atoms with Crippen LogP contribution in [0.1, 0.15) is 24.7 Å². The summed E-state index contributed by atoms with van der Waals surface area (Å²) in [6.45, 7) is 2.44. The molecule has 0 saturated carbocycles. The number of aromatic amines is 1. The molecule has 0 saturated heterocycles. The predicted molar refractivity (Wildman–Crippen MR) is 87.1 cm³/mol. The fraction of sp³-hybridized carbons (Fsp3) is 0.267. The van der Waals surface area contributed by atoms with Gasteiger partial charge in [-0.1, -0.05) is 30.7 Å². The van der Waals surface area contributed by atoms with E-state index in [0.717, 1.165) is 18.4 Å². The summed E-state index contributed by atoms with van der Waals surface area (Å²) in [7, 11) is 0. The Bertz CT molecular complexity index is 866. The number of hydrogen-bond acceptors (Lipinski definition) is 4. The Labute approximate surface area is 132 Å². The minimum absolute atomic E-state index is 0.250. The fourth-order valence-corrected chi connectivity index (χ4v) is 2.48. The molecule has 7 heteroatoms. The Morgan fingerprint density at radius 1 is 1.27 bits per heavy atom. The van der Waals surface area contributed by atoms with Crippen LogP contribution in [0.2, 0.25) is 5.02 Å². The third-order valence-corrected chi connectivity index (χ3v) is 3.68. The monoisotopic (exact) mass is 317 g/mol. The smallest absolute Gasteiger partial charge is 0.328 e. The molecule has 22 heavy (non-hydrogen) atoms. The summed E-state index contributed by atoms with van der Waals surface area (Å²) in [5.41, 5.74) is 7.66. The van der Waals surface area contributed by atoms with Crippen molar-refractivity contribution in [2.45, 2.75) is 26.3 Å². The maximum atomic E-state index is 12.2. The van der Waals surface area contributed by atoms with Gasteiger partial charge >= 0.3 is 5.69 Å². The molecule has 3 rings (SSSR count). The van der Waals surface area contributed by atoms with Crippen LogP contribution in [-0.2, 0) is 13.0 Å². The maximum absolute atomic E-state index is 12.2. The zero-order chi connectivity index (χ0) is 15.7. The standard InChI is InChI=1S/C15H16ClN5O/c1-2-3-11-18-13(17)12-14(19-11)21(15(22)20-12)8-9-4-6-10(16)7-5-9/h4-7H,2-3,8H2,1H3,(H,20,22)(H2,17,18,19). The SMILES string of the molecule is CCCc1nc(N)c2[nH]c(=O)n(Cc3ccc(Cl)cc3)c2n1. The van der Waals surface area contributed by atoms with Crippen LogP contribution in [0.5, 0.6) is 0 Å².